The lowest BCUT2D eigenvalue weighted by Crippen LogP contribution is -2.56. The van der Waals surface area contributed by atoms with Gasteiger partial charge in [0.25, 0.3) is 0 Å². The number of hydrogen-bond acceptors (Lipinski definition) is 5. The van der Waals surface area contributed by atoms with E-state index in [0.717, 1.165) is 31.0 Å². The Hall–Kier alpha value is -1.30. The molecule has 6 atom stereocenters. The second-order valence-corrected chi connectivity index (χ2v) is 7.17. The van der Waals surface area contributed by atoms with Crippen molar-refractivity contribution in [2.45, 2.75) is 49.2 Å². The van der Waals surface area contributed by atoms with E-state index < -0.39 is 0 Å². The van der Waals surface area contributed by atoms with Gasteiger partial charge in [-0.15, -0.1) is 0 Å². The molecule has 1 aliphatic carbocycles. The van der Waals surface area contributed by atoms with E-state index in [-0.39, 0.29) is 17.6 Å². The largest absolute Gasteiger partial charge is 0.454 e. The standard InChI is InChI=1S/C17H19NO4/c1-19-13-6-14-17(16-15(13)22-16)2-3-18(14)7-9-4-11-12(5-10(9)17)21-8-20-11/h4-5,13-16H,2-3,6-8H2,1H3/t13-,14-,15+,16+,17+/m1/s1. The normalized spacial score (nSPS) is 46.0. The molecule has 0 N–H and O–H groups in total. The zero-order chi connectivity index (χ0) is 14.5. The van der Waals surface area contributed by atoms with Gasteiger partial charge < -0.3 is 18.9 Å². The van der Waals surface area contributed by atoms with Crippen LogP contribution in [0, 0.1) is 0 Å². The summed E-state index contributed by atoms with van der Waals surface area (Å²) in [6, 6.07) is 4.96. The van der Waals surface area contributed by atoms with Gasteiger partial charge in [0, 0.05) is 25.1 Å². The number of rotatable bonds is 1. The summed E-state index contributed by atoms with van der Waals surface area (Å²) < 4.78 is 23.0. The van der Waals surface area contributed by atoms with Gasteiger partial charge in [-0.2, -0.15) is 0 Å². The molecule has 1 aromatic carbocycles. The van der Waals surface area contributed by atoms with Crippen LogP contribution in [0.4, 0.5) is 0 Å². The Morgan fingerprint density at radius 3 is 3.00 bits per heavy atom. The zero-order valence-electron chi connectivity index (χ0n) is 12.6. The molecule has 1 aromatic rings. The Kier molecular flexibility index (Phi) is 2.09. The predicted molar refractivity (Wildman–Crippen MR) is 77.1 cm³/mol. The van der Waals surface area contributed by atoms with Gasteiger partial charge in [-0.3, -0.25) is 4.90 Å². The van der Waals surface area contributed by atoms with Crippen LogP contribution in [0.3, 0.4) is 0 Å². The van der Waals surface area contributed by atoms with Crippen LogP contribution in [0.1, 0.15) is 24.0 Å². The first-order valence-electron chi connectivity index (χ1n) is 8.16. The molecule has 6 rings (SSSR count). The van der Waals surface area contributed by atoms with Crippen molar-refractivity contribution in [1.29, 1.82) is 0 Å². The molecular formula is C17H19NO4. The summed E-state index contributed by atoms with van der Waals surface area (Å²) in [7, 11) is 1.81. The van der Waals surface area contributed by atoms with Gasteiger partial charge in [0.05, 0.1) is 12.2 Å². The number of benzene rings is 1. The Labute approximate surface area is 129 Å². The van der Waals surface area contributed by atoms with Gasteiger partial charge in [-0.05, 0) is 42.6 Å². The highest BCUT2D eigenvalue weighted by Crippen LogP contribution is 2.61. The van der Waals surface area contributed by atoms with E-state index in [2.05, 4.69) is 17.0 Å². The molecule has 5 nitrogen and oxygen atoms in total. The molecule has 4 aliphatic heterocycles. The van der Waals surface area contributed by atoms with Crippen LogP contribution < -0.4 is 9.47 Å². The average Bonchev–Trinajstić information content (AvgIpc) is 3.14. The quantitative estimate of drug-likeness (QED) is 0.734. The fraction of sp³-hybridized carbons (Fsp3) is 0.647. The molecule has 1 saturated carbocycles. The third-order valence-corrected chi connectivity index (χ3v) is 6.48. The Balaban J connectivity index is 1.54. The monoisotopic (exact) mass is 301 g/mol. The van der Waals surface area contributed by atoms with Gasteiger partial charge in [-0.25, -0.2) is 0 Å². The van der Waals surface area contributed by atoms with Crippen molar-refractivity contribution < 1.29 is 18.9 Å². The average molecular weight is 301 g/mol. The first kappa shape index (κ1) is 12.2. The maximum absolute atomic E-state index is 6.12. The van der Waals surface area contributed by atoms with Crippen LogP contribution >= 0.6 is 0 Å². The number of fused-ring (bicyclic) bond motifs is 3. The molecule has 0 radical (unpaired) electrons. The highest BCUT2D eigenvalue weighted by molar-refractivity contribution is 5.55. The topological polar surface area (TPSA) is 43.5 Å². The van der Waals surface area contributed by atoms with Gasteiger partial charge in [-0.1, -0.05) is 0 Å². The lowest BCUT2D eigenvalue weighted by molar-refractivity contribution is 0.0251. The maximum Gasteiger partial charge on any atom is 0.231 e. The molecule has 0 amide bonds. The van der Waals surface area contributed by atoms with Crippen LogP contribution in [0.25, 0.3) is 0 Å². The van der Waals surface area contributed by atoms with Crippen molar-refractivity contribution in [3.05, 3.63) is 23.3 Å². The third-order valence-electron chi connectivity index (χ3n) is 6.48. The molecule has 1 unspecified atom stereocenters. The molecule has 3 fully saturated rings. The Morgan fingerprint density at radius 2 is 2.14 bits per heavy atom. The third kappa shape index (κ3) is 1.24. The van der Waals surface area contributed by atoms with Crippen LogP contribution in [-0.4, -0.2) is 49.7 Å². The molecule has 4 heterocycles. The lowest BCUT2D eigenvalue weighted by atomic mass is 9.63. The van der Waals surface area contributed by atoms with Gasteiger partial charge in [0.1, 0.15) is 6.10 Å². The summed E-state index contributed by atoms with van der Waals surface area (Å²) in [6.45, 7) is 2.49. The molecule has 0 aromatic heterocycles. The van der Waals surface area contributed by atoms with Gasteiger partial charge in [0.15, 0.2) is 11.5 Å². The Morgan fingerprint density at radius 1 is 1.27 bits per heavy atom. The second kappa shape index (κ2) is 3.78. The van der Waals surface area contributed by atoms with E-state index in [1.807, 2.05) is 7.11 Å². The molecule has 2 saturated heterocycles. The summed E-state index contributed by atoms with van der Waals surface area (Å²) in [5.74, 6) is 1.80. The summed E-state index contributed by atoms with van der Waals surface area (Å²) in [4.78, 5) is 2.62. The van der Waals surface area contributed by atoms with Crippen molar-refractivity contribution in [3.63, 3.8) is 0 Å². The van der Waals surface area contributed by atoms with E-state index in [9.17, 15) is 0 Å². The fourth-order valence-electron chi connectivity index (χ4n) is 5.50. The lowest BCUT2D eigenvalue weighted by Gasteiger charge is -2.46. The van der Waals surface area contributed by atoms with Gasteiger partial charge in [0.2, 0.25) is 6.79 Å². The van der Waals surface area contributed by atoms with E-state index >= 15 is 0 Å². The minimum atomic E-state index is 0.133. The van der Waals surface area contributed by atoms with Crippen LogP contribution in [0.5, 0.6) is 11.5 Å². The number of ether oxygens (including phenoxy) is 4. The number of epoxide rings is 1. The molecule has 2 bridgehead atoms. The molecule has 0 spiro atoms. The van der Waals surface area contributed by atoms with E-state index in [0.29, 0.717) is 18.9 Å². The Bertz CT molecular complexity index is 677. The van der Waals surface area contributed by atoms with Crippen molar-refractivity contribution in [2.75, 3.05) is 20.4 Å². The fourth-order valence-corrected chi connectivity index (χ4v) is 5.50. The van der Waals surface area contributed by atoms with Crippen molar-refractivity contribution >= 4 is 0 Å². The maximum atomic E-state index is 6.12. The minimum Gasteiger partial charge on any atom is -0.454 e. The SMILES string of the molecule is CO[C@@H]1C[C@H]2N3CC[C@@]2(c2cc4c(cc2C3)OCO4)[C@H]2O[C@@H]12. The zero-order valence-corrected chi connectivity index (χ0v) is 12.6. The van der Waals surface area contributed by atoms with Crippen molar-refractivity contribution in [3.8, 4) is 11.5 Å². The first-order valence-corrected chi connectivity index (χ1v) is 8.16. The van der Waals surface area contributed by atoms with E-state index in [1.165, 1.54) is 17.5 Å². The molecule has 22 heavy (non-hydrogen) atoms. The van der Waals surface area contributed by atoms with E-state index in [4.69, 9.17) is 18.9 Å². The number of hydrogen-bond donors (Lipinski definition) is 0. The van der Waals surface area contributed by atoms with Crippen molar-refractivity contribution in [2.24, 2.45) is 0 Å². The number of methoxy groups -OCH3 is 1. The number of nitrogens with zero attached hydrogens (tertiary/aromatic N) is 1. The second-order valence-electron chi connectivity index (χ2n) is 7.17. The highest BCUT2D eigenvalue weighted by atomic mass is 16.7. The molecule has 5 aliphatic rings. The summed E-state index contributed by atoms with van der Waals surface area (Å²) in [5.41, 5.74) is 2.97. The van der Waals surface area contributed by atoms with Gasteiger partial charge >= 0.3 is 0 Å². The molecular weight excluding hydrogens is 282 g/mol. The molecule has 116 valence electrons. The highest BCUT2D eigenvalue weighted by Gasteiger charge is 2.70. The summed E-state index contributed by atoms with van der Waals surface area (Å²) in [5, 5.41) is 0. The summed E-state index contributed by atoms with van der Waals surface area (Å²) >= 11 is 0. The predicted octanol–water partition coefficient (Wildman–Crippen LogP) is 1.43. The minimum absolute atomic E-state index is 0.133. The smallest absolute Gasteiger partial charge is 0.231 e. The van der Waals surface area contributed by atoms with Crippen molar-refractivity contribution in [1.82, 2.24) is 4.90 Å². The van der Waals surface area contributed by atoms with Crippen LogP contribution in [-0.2, 0) is 21.4 Å². The molecule has 5 heteroatoms. The first-order chi connectivity index (χ1) is 10.8. The summed E-state index contributed by atoms with van der Waals surface area (Å²) in [6.07, 6.45) is 3.09. The van der Waals surface area contributed by atoms with Crippen LogP contribution in [0.2, 0.25) is 0 Å². The van der Waals surface area contributed by atoms with Crippen LogP contribution in [0.15, 0.2) is 12.1 Å². The van der Waals surface area contributed by atoms with E-state index in [1.54, 1.807) is 0 Å².